The molecule has 4 N–H and O–H groups in total. The molecule has 2 heterocycles. The maximum Gasteiger partial charge on any atom is 0.250 e. The van der Waals surface area contributed by atoms with Crippen LogP contribution in [0.3, 0.4) is 0 Å². The summed E-state index contributed by atoms with van der Waals surface area (Å²) >= 11 is 1.24. The van der Waals surface area contributed by atoms with Crippen LogP contribution in [0.2, 0.25) is 0 Å². The van der Waals surface area contributed by atoms with E-state index in [9.17, 15) is 8.42 Å². The lowest BCUT2D eigenvalue weighted by Gasteiger charge is -2.02. The highest BCUT2D eigenvalue weighted by molar-refractivity contribution is 7.91. The molecule has 0 aromatic carbocycles. The van der Waals surface area contributed by atoms with Crippen LogP contribution >= 0.6 is 11.3 Å². The van der Waals surface area contributed by atoms with Crippen LogP contribution in [-0.2, 0) is 23.0 Å². The molecule has 0 atom stereocenters. The van der Waals surface area contributed by atoms with E-state index in [2.05, 4.69) is 14.7 Å². The van der Waals surface area contributed by atoms with Gasteiger partial charge in [0, 0.05) is 17.3 Å². The maximum absolute atomic E-state index is 12.0. The van der Waals surface area contributed by atoms with Crippen molar-refractivity contribution in [2.45, 2.75) is 17.2 Å². The summed E-state index contributed by atoms with van der Waals surface area (Å²) in [5.74, 6) is 0.581. The number of aromatic amines is 1. The smallest absolute Gasteiger partial charge is 0.250 e. The fourth-order valence-corrected chi connectivity index (χ4v) is 3.81. The second-order valence-corrected chi connectivity index (χ2v) is 6.78. The first-order valence-corrected chi connectivity index (χ1v) is 7.68. The Kier molecular flexibility index (Phi) is 4.12. The Morgan fingerprint density at radius 2 is 2.28 bits per heavy atom. The van der Waals surface area contributed by atoms with Crippen LogP contribution in [0.15, 0.2) is 28.7 Å². The number of rotatable bonds is 6. The van der Waals surface area contributed by atoms with E-state index in [1.54, 1.807) is 24.5 Å². The molecule has 6 nitrogen and oxygen atoms in total. The van der Waals surface area contributed by atoms with Crippen molar-refractivity contribution in [3.63, 3.8) is 0 Å². The highest BCUT2D eigenvalue weighted by Crippen LogP contribution is 2.21. The van der Waals surface area contributed by atoms with Gasteiger partial charge in [-0.1, -0.05) is 0 Å². The zero-order chi connectivity index (χ0) is 13.0. The zero-order valence-corrected chi connectivity index (χ0v) is 11.2. The van der Waals surface area contributed by atoms with Gasteiger partial charge in [0.25, 0.3) is 0 Å². The number of hydrogen-bond acceptors (Lipinski definition) is 5. The third-order valence-corrected chi connectivity index (χ3v) is 5.32. The molecule has 0 unspecified atom stereocenters. The van der Waals surface area contributed by atoms with Gasteiger partial charge in [0.05, 0.1) is 6.54 Å². The monoisotopic (exact) mass is 286 g/mol. The largest absolute Gasteiger partial charge is 0.347 e. The summed E-state index contributed by atoms with van der Waals surface area (Å²) in [5, 5.41) is 0. The SMILES string of the molecule is NCCc1ccc(S(=O)(=O)NCc2ncc[nH]2)s1. The molecule has 0 aliphatic rings. The minimum Gasteiger partial charge on any atom is -0.347 e. The van der Waals surface area contributed by atoms with Crippen LogP contribution in [0.4, 0.5) is 0 Å². The summed E-state index contributed by atoms with van der Waals surface area (Å²) < 4.78 is 26.7. The molecular weight excluding hydrogens is 272 g/mol. The lowest BCUT2D eigenvalue weighted by atomic mass is 10.3. The fraction of sp³-hybridized carbons (Fsp3) is 0.300. The van der Waals surface area contributed by atoms with Crippen LogP contribution < -0.4 is 10.5 Å². The molecular formula is C10H14N4O2S2. The Bertz CT molecular complexity index is 589. The van der Waals surface area contributed by atoms with Crippen molar-refractivity contribution in [1.29, 1.82) is 0 Å². The van der Waals surface area contributed by atoms with Gasteiger partial charge in [-0.3, -0.25) is 0 Å². The molecule has 2 aromatic heterocycles. The molecule has 0 bridgehead atoms. The van der Waals surface area contributed by atoms with Crippen molar-refractivity contribution >= 4 is 21.4 Å². The predicted octanol–water partition coefficient (Wildman–Crippen LogP) is 0.451. The molecule has 8 heteroatoms. The van der Waals surface area contributed by atoms with Gasteiger partial charge in [-0.2, -0.15) is 0 Å². The molecule has 0 aliphatic carbocycles. The highest BCUT2D eigenvalue weighted by atomic mass is 32.2. The van der Waals surface area contributed by atoms with Crippen LogP contribution in [0.5, 0.6) is 0 Å². The number of nitrogens with two attached hydrogens (primary N) is 1. The molecule has 0 amide bonds. The Morgan fingerprint density at radius 3 is 2.94 bits per heavy atom. The minimum absolute atomic E-state index is 0.152. The quantitative estimate of drug-likeness (QED) is 0.717. The van der Waals surface area contributed by atoms with E-state index in [0.717, 1.165) is 4.88 Å². The number of H-pyrrole nitrogens is 1. The Hall–Kier alpha value is -1.22. The molecule has 18 heavy (non-hydrogen) atoms. The zero-order valence-electron chi connectivity index (χ0n) is 9.59. The van der Waals surface area contributed by atoms with Gasteiger partial charge < -0.3 is 10.7 Å². The number of sulfonamides is 1. The fourth-order valence-electron chi connectivity index (χ4n) is 1.41. The average Bonchev–Trinajstić information content (AvgIpc) is 2.98. The van der Waals surface area contributed by atoms with Crippen LogP contribution in [0, 0.1) is 0 Å². The first kappa shape index (κ1) is 13.2. The predicted molar refractivity (Wildman–Crippen MR) is 69.7 cm³/mol. The molecule has 2 rings (SSSR count). The second-order valence-electron chi connectivity index (χ2n) is 3.62. The summed E-state index contributed by atoms with van der Waals surface area (Å²) in [4.78, 5) is 7.76. The number of thiophene rings is 1. The van der Waals surface area contributed by atoms with Crippen molar-refractivity contribution < 1.29 is 8.42 Å². The van der Waals surface area contributed by atoms with E-state index in [-0.39, 0.29) is 6.54 Å². The number of imidazole rings is 1. The van der Waals surface area contributed by atoms with Crippen molar-refractivity contribution in [1.82, 2.24) is 14.7 Å². The van der Waals surface area contributed by atoms with Gasteiger partial charge in [0.2, 0.25) is 10.0 Å². The first-order chi connectivity index (χ1) is 8.62. The van der Waals surface area contributed by atoms with E-state index in [4.69, 9.17) is 5.73 Å². The van der Waals surface area contributed by atoms with Crippen LogP contribution in [0.25, 0.3) is 0 Å². The lowest BCUT2D eigenvalue weighted by Crippen LogP contribution is -2.22. The van der Waals surface area contributed by atoms with Gasteiger partial charge in [-0.15, -0.1) is 11.3 Å². The summed E-state index contributed by atoms with van der Waals surface area (Å²) in [6.07, 6.45) is 3.92. The molecule has 98 valence electrons. The number of nitrogens with zero attached hydrogens (tertiary/aromatic N) is 1. The van der Waals surface area contributed by atoms with E-state index in [0.29, 0.717) is 23.0 Å². The standard InChI is InChI=1S/C10H14N4O2S2/c11-4-3-8-1-2-10(17-8)18(15,16)14-7-9-12-5-6-13-9/h1-2,5-6,14H,3-4,7,11H2,(H,12,13). The third-order valence-electron chi connectivity index (χ3n) is 2.28. The number of nitrogens with one attached hydrogen (secondary N) is 2. The highest BCUT2D eigenvalue weighted by Gasteiger charge is 2.16. The van der Waals surface area contributed by atoms with Crippen molar-refractivity contribution in [2.75, 3.05) is 6.54 Å². The van der Waals surface area contributed by atoms with Gasteiger partial charge >= 0.3 is 0 Å². The van der Waals surface area contributed by atoms with Gasteiger partial charge in [-0.05, 0) is 25.1 Å². The Morgan fingerprint density at radius 1 is 1.44 bits per heavy atom. The second kappa shape index (κ2) is 5.61. The van der Waals surface area contributed by atoms with Gasteiger partial charge in [0.1, 0.15) is 10.0 Å². The van der Waals surface area contributed by atoms with E-state index in [1.165, 1.54) is 11.3 Å². The molecule has 0 saturated heterocycles. The van der Waals surface area contributed by atoms with Crippen LogP contribution in [-0.4, -0.2) is 24.9 Å². The Balaban J connectivity index is 2.05. The normalized spacial score (nSPS) is 11.8. The van der Waals surface area contributed by atoms with Crippen molar-refractivity contribution in [3.05, 3.63) is 35.2 Å². The third kappa shape index (κ3) is 3.16. The maximum atomic E-state index is 12.0. The van der Waals surface area contributed by atoms with Crippen molar-refractivity contribution in [3.8, 4) is 0 Å². The molecule has 0 saturated carbocycles. The average molecular weight is 286 g/mol. The molecule has 2 aromatic rings. The van der Waals surface area contributed by atoms with Gasteiger partial charge in [-0.25, -0.2) is 18.1 Å². The molecule has 0 fully saturated rings. The lowest BCUT2D eigenvalue weighted by molar-refractivity contribution is 0.582. The summed E-state index contributed by atoms with van der Waals surface area (Å²) in [7, 11) is -3.47. The number of aromatic nitrogens is 2. The minimum atomic E-state index is -3.47. The van der Waals surface area contributed by atoms with Gasteiger partial charge in [0.15, 0.2) is 0 Å². The first-order valence-electron chi connectivity index (χ1n) is 5.38. The molecule has 0 aliphatic heterocycles. The van der Waals surface area contributed by atoms with Crippen molar-refractivity contribution in [2.24, 2.45) is 5.73 Å². The number of hydrogen-bond donors (Lipinski definition) is 3. The topological polar surface area (TPSA) is 101 Å². The summed E-state index contributed by atoms with van der Waals surface area (Å²) in [6, 6.07) is 3.39. The molecule has 0 radical (unpaired) electrons. The van der Waals surface area contributed by atoms with E-state index >= 15 is 0 Å². The summed E-state index contributed by atoms with van der Waals surface area (Å²) in [5.41, 5.74) is 5.43. The summed E-state index contributed by atoms with van der Waals surface area (Å²) in [6.45, 7) is 0.666. The van der Waals surface area contributed by atoms with E-state index in [1.807, 2.05) is 0 Å². The molecule has 0 spiro atoms. The Labute approximate surface area is 109 Å². The van der Waals surface area contributed by atoms with Crippen LogP contribution in [0.1, 0.15) is 10.7 Å². The van der Waals surface area contributed by atoms with E-state index < -0.39 is 10.0 Å².